The number of esters is 1. The van der Waals surface area contributed by atoms with Crippen molar-refractivity contribution in [2.45, 2.75) is 78.2 Å². The van der Waals surface area contributed by atoms with E-state index >= 15 is 0 Å². The number of nitrogens with one attached hydrogen (secondary N) is 1. The summed E-state index contributed by atoms with van der Waals surface area (Å²) in [6, 6.07) is 26.3. The maximum absolute atomic E-state index is 12.6. The van der Waals surface area contributed by atoms with Crippen LogP contribution < -0.4 is 15.7 Å². The molecule has 3 aromatic carbocycles. The number of carbonyl (C=O) groups is 2. The van der Waals surface area contributed by atoms with E-state index in [9.17, 15) is 9.59 Å². The van der Waals surface area contributed by atoms with Gasteiger partial charge in [0.1, 0.15) is 5.60 Å². The van der Waals surface area contributed by atoms with E-state index < -0.39 is 32.0 Å². The van der Waals surface area contributed by atoms with Crippen LogP contribution in [0.3, 0.4) is 0 Å². The summed E-state index contributed by atoms with van der Waals surface area (Å²) in [7, 11) is -1.41. The molecular weight excluding hydrogens is 518 g/mol. The van der Waals surface area contributed by atoms with Gasteiger partial charge < -0.3 is 19.2 Å². The van der Waals surface area contributed by atoms with Gasteiger partial charge in [0.2, 0.25) is 0 Å². The van der Waals surface area contributed by atoms with Crippen LogP contribution in [0.2, 0.25) is 5.04 Å². The zero-order valence-corrected chi connectivity index (χ0v) is 26.0. The molecule has 7 heteroatoms. The van der Waals surface area contributed by atoms with Crippen molar-refractivity contribution in [3.63, 3.8) is 0 Å². The van der Waals surface area contributed by atoms with Crippen LogP contribution >= 0.6 is 0 Å². The summed E-state index contributed by atoms with van der Waals surface area (Å²) in [5, 5.41) is 5.11. The van der Waals surface area contributed by atoms with Crippen molar-refractivity contribution in [3.05, 3.63) is 95.6 Å². The predicted octanol–water partition coefficient (Wildman–Crippen LogP) is 6.20. The summed E-state index contributed by atoms with van der Waals surface area (Å²) in [5.41, 5.74) is 2.17. The molecule has 0 saturated carbocycles. The minimum Gasteiger partial charge on any atom is -0.469 e. The Morgan fingerprint density at radius 3 is 1.88 bits per heavy atom. The van der Waals surface area contributed by atoms with E-state index in [2.05, 4.69) is 74.6 Å². The molecule has 0 fully saturated rings. The molecule has 0 aliphatic carbocycles. The van der Waals surface area contributed by atoms with Gasteiger partial charge in [-0.3, -0.25) is 4.79 Å². The van der Waals surface area contributed by atoms with Gasteiger partial charge in [-0.1, -0.05) is 99.6 Å². The van der Waals surface area contributed by atoms with E-state index in [0.29, 0.717) is 6.61 Å². The SMILES string of the molecule is COC(=O)CC(NC(=O)OC(C)(C)C)c1ccc(C)c(CO[Si](c2ccccc2)(c2ccccc2)C(C)(C)C)c1. The Balaban J connectivity index is 2.02. The van der Waals surface area contributed by atoms with E-state index in [1.807, 2.05) is 37.3 Å². The van der Waals surface area contributed by atoms with Crippen molar-refractivity contribution in [1.29, 1.82) is 0 Å². The summed E-state index contributed by atoms with van der Waals surface area (Å²) < 4.78 is 17.5. The lowest BCUT2D eigenvalue weighted by atomic mass is 9.98. The third kappa shape index (κ3) is 7.61. The molecular formula is C33H43NO5Si. The molecule has 3 rings (SSSR count). The molecule has 40 heavy (non-hydrogen) atoms. The average Bonchev–Trinajstić information content (AvgIpc) is 2.89. The van der Waals surface area contributed by atoms with Gasteiger partial charge in [0.15, 0.2) is 0 Å². The minimum atomic E-state index is -2.75. The maximum atomic E-state index is 12.6. The Kier molecular flexibility index (Phi) is 9.98. The smallest absolute Gasteiger partial charge is 0.408 e. The Morgan fingerprint density at radius 2 is 1.40 bits per heavy atom. The first-order valence-corrected chi connectivity index (χ1v) is 15.6. The van der Waals surface area contributed by atoms with Gasteiger partial charge in [-0.25, -0.2) is 4.79 Å². The predicted molar refractivity (Wildman–Crippen MR) is 162 cm³/mol. The lowest BCUT2D eigenvalue weighted by molar-refractivity contribution is -0.141. The lowest BCUT2D eigenvalue weighted by Crippen LogP contribution is -2.66. The van der Waals surface area contributed by atoms with Crippen molar-refractivity contribution >= 4 is 30.8 Å². The average molecular weight is 562 g/mol. The molecule has 1 N–H and O–H groups in total. The molecule has 0 radical (unpaired) electrons. The van der Waals surface area contributed by atoms with Crippen molar-refractivity contribution in [3.8, 4) is 0 Å². The monoisotopic (exact) mass is 561 g/mol. The van der Waals surface area contributed by atoms with Crippen LogP contribution in [0.1, 0.15) is 70.7 Å². The van der Waals surface area contributed by atoms with Crippen molar-refractivity contribution in [2.24, 2.45) is 0 Å². The van der Waals surface area contributed by atoms with Gasteiger partial charge in [-0.05, 0) is 59.8 Å². The van der Waals surface area contributed by atoms with Crippen molar-refractivity contribution < 1.29 is 23.5 Å². The number of aryl methyl sites for hydroxylation is 1. The molecule has 3 aromatic rings. The number of benzene rings is 3. The molecule has 0 heterocycles. The lowest BCUT2D eigenvalue weighted by Gasteiger charge is -2.43. The number of amides is 1. The van der Waals surface area contributed by atoms with Crippen molar-refractivity contribution in [1.82, 2.24) is 5.32 Å². The van der Waals surface area contributed by atoms with Gasteiger partial charge in [0, 0.05) is 0 Å². The van der Waals surface area contributed by atoms with E-state index in [4.69, 9.17) is 13.9 Å². The third-order valence-electron chi connectivity index (χ3n) is 6.93. The van der Waals surface area contributed by atoms with Crippen LogP contribution in [0.5, 0.6) is 0 Å². The van der Waals surface area contributed by atoms with Crippen LogP contribution in [-0.4, -0.2) is 33.1 Å². The quantitative estimate of drug-likeness (QED) is 0.249. The molecule has 0 aliphatic heterocycles. The summed E-state index contributed by atoms with van der Waals surface area (Å²) in [5.74, 6) is -0.424. The van der Waals surface area contributed by atoms with E-state index in [0.717, 1.165) is 16.7 Å². The summed E-state index contributed by atoms with van der Waals surface area (Å²) >= 11 is 0. The fourth-order valence-electron chi connectivity index (χ4n) is 4.96. The molecule has 6 nitrogen and oxygen atoms in total. The van der Waals surface area contributed by atoms with Crippen LogP contribution in [0, 0.1) is 6.92 Å². The molecule has 0 aromatic heterocycles. The maximum Gasteiger partial charge on any atom is 0.408 e. The molecule has 214 valence electrons. The van der Waals surface area contributed by atoms with E-state index in [1.165, 1.54) is 17.5 Å². The first-order valence-electron chi connectivity index (χ1n) is 13.7. The van der Waals surface area contributed by atoms with Gasteiger partial charge in [0.05, 0.1) is 26.2 Å². The second-order valence-electron chi connectivity index (χ2n) is 12.1. The summed E-state index contributed by atoms with van der Waals surface area (Å²) in [4.78, 5) is 24.9. The molecule has 1 atom stereocenters. The van der Waals surface area contributed by atoms with Crippen LogP contribution in [0.25, 0.3) is 0 Å². The second-order valence-corrected chi connectivity index (χ2v) is 16.4. The molecule has 0 saturated heterocycles. The fourth-order valence-corrected chi connectivity index (χ4v) is 9.49. The topological polar surface area (TPSA) is 73.9 Å². The first kappa shape index (κ1) is 31.1. The van der Waals surface area contributed by atoms with Crippen LogP contribution in [-0.2, 0) is 25.3 Å². The van der Waals surface area contributed by atoms with Crippen molar-refractivity contribution in [2.75, 3.05) is 7.11 Å². The molecule has 1 amide bonds. The molecule has 0 spiro atoms. The number of ether oxygens (including phenoxy) is 2. The Labute approximate surface area is 240 Å². The zero-order valence-electron chi connectivity index (χ0n) is 25.0. The number of hydrogen-bond donors (Lipinski definition) is 1. The minimum absolute atomic E-state index is 0.0200. The molecule has 0 aliphatic rings. The second kappa shape index (κ2) is 12.8. The Bertz CT molecular complexity index is 1240. The van der Waals surface area contributed by atoms with Gasteiger partial charge in [-0.2, -0.15) is 0 Å². The zero-order chi connectivity index (χ0) is 29.6. The summed E-state index contributed by atoms with van der Waals surface area (Å²) in [6.07, 6.45) is -0.611. The number of alkyl carbamates (subject to hydrolysis) is 1. The first-order chi connectivity index (χ1) is 18.8. The van der Waals surface area contributed by atoms with Gasteiger partial charge in [0.25, 0.3) is 8.32 Å². The molecule has 0 bridgehead atoms. The number of rotatable bonds is 9. The van der Waals surface area contributed by atoms with Crippen LogP contribution in [0.15, 0.2) is 78.9 Å². The number of hydrogen-bond acceptors (Lipinski definition) is 5. The van der Waals surface area contributed by atoms with Gasteiger partial charge >= 0.3 is 12.1 Å². The summed E-state index contributed by atoms with van der Waals surface area (Å²) in [6.45, 7) is 14.6. The fraction of sp³-hybridized carbons (Fsp3) is 0.394. The highest BCUT2D eigenvalue weighted by Gasteiger charge is 2.50. The third-order valence-corrected chi connectivity index (χ3v) is 11.9. The van der Waals surface area contributed by atoms with Crippen LogP contribution in [0.4, 0.5) is 4.79 Å². The Hall–Kier alpha value is -3.42. The highest BCUT2D eigenvalue weighted by molar-refractivity contribution is 6.99. The largest absolute Gasteiger partial charge is 0.469 e. The van der Waals surface area contributed by atoms with Gasteiger partial charge in [-0.15, -0.1) is 0 Å². The number of methoxy groups -OCH3 is 1. The Morgan fingerprint density at radius 1 is 0.850 bits per heavy atom. The normalized spacial score (nSPS) is 12.9. The highest BCUT2D eigenvalue weighted by atomic mass is 28.4. The number of carbonyl (C=O) groups excluding carboxylic acids is 2. The standard InChI is InChI=1S/C33H43NO5Si/c1-24-19-20-25(29(22-30(35)37-8)34-31(36)39-32(2,3)4)21-26(24)23-38-40(33(5,6)7,27-15-11-9-12-16-27)28-17-13-10-14-18-28/h9-21,29H,22-23H2,1-8H3,(H,34,36). The van der Waals surface area contributed by atoms with E-state index in [-0.39, 0.29) is 11.5 Å². The van der Waals surface area contributed by atoms with E-state index in [1.54, 1.807) is 20.8 Å². The highest BCUT2D eigenvalue weighted by Crippen LogP contribution is 2.37. The molecule has 1 unspecified atom stereocenters.